The van der Waals surface area contributed by atoms with Gasteiger partial charge in [0, 0.05) is 28.7 Å². The molecule has 0 aliphatic heterocycles. The van der Waals surface area contributed by atoms with Gasteiger partial charge in [-0.2, -0.15) is 18.4 Å². The van der Waals surface area contributed by atoms with Crippen molar-refractivity contribution in [3.05, 3.63) is 72.2 Å². The Balaban J connectivity index is 1.85. The summed E-state index contributed by atoms with van der Waals surface area (Å²) in [4.78, 5) is 12.1. The molecule has 0 fully saturated rings. The number of anilines is 2. The van der Waals surface area contributed by atoms with Crippen LogP contribution in [0.1, 0.15) is 25.0 Å². The van der Waals surface area contributed by atoms with E-state index in [2.05, 4.69) is 27.7 Å². The number of pyridine rings is 1. The highest BCUT2D eigenvalue weighted by molar-refractivity contribution is 5.86. The molecule has 182 valence electrons. The van der Waals surface area contributed by atoms with Crippen LogP contribution in [0.4, 0.5) is 30.5 Å². The van der Waals surface area contributed by atoms with Gasteiger partial charge in [0.1, 0.15) is 17.8 Å². The van der Waals surface area contributed by atoms with Crippen molar-refractivity contribution >= 4 is 24.0 Å². The fraction of sp³-hybridized carbons (Fsp3) is 0.154. The van der Waals surface area contributed by atoms with E-state index in [1.54, 1.807) is 29.1 Å². The number of nitriles is 1. The predicted molar refractivity (Wildman–Crippen MR) is 134 cm³/mol. The molecular weight excluding hydrogens is 467 g/mol. The summed E-state index contributed by atoms with van der Waals surface area (Å²) in [6.45, 7) is 7.24. The van der Waals surface area contributed by atoms with E-state index in [1.165, 1.54) is 6.20 Å². The molecule has 10 heteroatoms. The van der Waals surface area contributed by atoms with Gasteiger partial charge in [0.25, 0.3) is 0 Å². The zero-order valence-electron chi connectivity index (χ0n) is 19.5. The number of nitrogens with zero attached hydrogens (tertiary/aromatic N) is 5. The monoisotopic (exact) mass is 489 g/mol. The molecule has 0 saturated heterocycles. The number of alkyl halides is 3. The molecule has 0 aliphatic carbocycles. The summed E-state index contributed by atoms with van der Waals surface area (Å²) in [6.07, 6.45) is -1.81. The van der Waals surface area contributed by atoms with Crippen molar-refractivity contribution in [2.24, 2.45) is 4.99 Å². The number of aromatic nitrogens is 3. The lowest BCUT2D eigenvalue weighted by Gasteiger charge is -2.17. The summed E-state index contributed by atoms with van der Waals surface area (Å²) in [5.41, 5.74) is 13.7. The van der Waals surface area contributed by atoms with Crippen LogP contribution in [0, 0.1) is 11.3 Å². The number of nitrogens with two attached hydrogens (primary N) is 2. The predicted octanol–water partition coefficient (Wildman–Crippen LogP) is 5.92. The Bertz CT molecular complexity index is 1490. The minimum atomic E-state index is -4.64. The first-order valence-electron chi connectivity index (χ1n) is 10.8. The maximum atomic E-state index is 13.4. The van der Waals surface area contributed by atoms with Crippen LogP contribution >= 0.6 is 0 Å². The van der Waals surface area contributed by atoms with E-state index < -0.39 is 23.0 Å². The van der Waals surface area contributed by atoms with Gasteiger partial charge in [0.05, 0.1) is 17.0 Å². The van der Waals surface area contributed by atoms with E-state index in [1.807, 2.05) is 38.1 Å². The van der Waals surface area contributed by atoms with Crippen molar-refractivity contribution in [1.82, 2.24) is 14.5 Å². The fourth-order valence-electron chi connectivity index (χ4n) is 3.81. The molecular formula is C26H22F3N7. The quantitative estimate of drug-likeness (QED) is 0.266. The van der Waals surface area contributed by atoms with Crippen molar-refractivity contribution in [3.63, 3.8) is 0 Å². The smallest absolute Gasteiger partial charge is 0.398 e. The lowest BCUT2D eigenvalue weighted by Crippen LogP contribution is -2.13. The third kappa shape index (κ3) is 4.38. The first kappa shape index (κ1) is 24.5. The summed E-state index contributed by atoms with van der Waals surface area (Å²) in [5.74, 6) is -0.298. The van der Waals surface area contributed by atoms with Crippen molar-refractivity contribution in [2.75, 3.05) is 11.5 Å². The van der Waals surface area contributed by atoms with E-state index in [0.29, 0.717) is 28.3 Å². The van der Waals surface area contributed by atoms with Crippen LogP contribution in [0.3, 0.4) is 0 Å². The van der Waals surface area contributed by atoms with Crippen molar-refractivity contribution in [1.29, 1.82) is 5.26 Å². The van der Waals surface area contributed by atoms with Crippen molar-refractivity contribution in [3.8, 4) is 34.1 Å². The van der Waals surface area contributed by atoms with E-state index >= 15 is 0 Å². The molecule has 4 N–H and O–H groups in total. The highest BCUT2D eigenvalue weighted by Crippen LogP contribution is 2.39. The number of imidazole rings is 1. The zero-order valence-corrected chi connectivity index (χ0v) is 19.5. The Labute approximate surface area is 205 Å². The first-order valence-corrected chi connectivity index (χ1v) is 10.8. The molecule has 2 aromatic carbocycles. The van der Waals surface area contributed by atoms with Crippen LogP contribution < -0.4 is 11.5 Å². The number of hydrogen-bond donors (Lipinski definition) is 2. The van der Waals surface area contributed by atoms with Gasteiger partial charge in [-0.25, -0.2) is 15.0 Å². The molecule has 4 rings (SSSR count). The van der Waals surface area contributed by atoms with E-state index in [-0.39, 0.29) is 5.56 Å². The summed E-state index contributed by atoms with van der Waals surface area (Å²) < 4.78 is 41.9. The van der Waals surface area contributed by atoms with E-state index in [4.69, 9.17) is 11.5 Å². The maximum absolute atomic E-state index is 13.4. The molecule has 0 atom stereocenters. The molecule has 0 unspecified atom stereocenters. The van der Waals surface area contributed by atoms with Gasteiger partial charge < -0.3 is 11.5 Å². The van der Waals surface area contributed by atoms with Crippen LogP contribution in [-0.4, -0.2) is 21.3 Å². The number of aliphatic imine (C=N–C) groups is 1. The summed E-state index contributed by atoms with van der Waals surface area (Å²) in [7, 11) is 0. The van der Waals surface area contributed by atoms with Gasteiger partial charge in [-0.05, 0) is 62.0 Å². The van der Waals surface area contributed by atoms with Gasteiger partial charge >= 0.3 is 6.18 Å². The second-order valence-corrected chi connectivity index (χ2v) is 8.69. The van der Waals surface area contributed by atoms with Gasteiger partial charge in [-0.1, -0.05) is 18.2 Å². The van der Waals surface area contributed by atoms with E-state index in [9.17, 15) is 18.4 Å². The first-order chi connectivity index (χ1) is 17.0. The van der Waals surface area contributed by atoms with Crippen LogP contribution in [0.15, 0.2) is 66.0 Å². The van der Waals surface area contributed by atoms with Crippen molar-refractivity contribution < 1.29 is 13.2 Å². The van der Waals surface area contributed by atoms with Crippen LogP contribution in [-0.2, 0) is 11.6 Å². The fourth-order valence-corrected chi connectivity index (χ4v) is 3.81. The molecule has 2 aromatic heterocycles. The van der Waals surface area contributed by atoms with Crippen LogP contribution in [0.25, 0.3) is 28.1 Å². The molecule has 0 radical (unpaired) electrons. The van der Waals surface area contributed by atoms with Gasteiger partial charge in [0.2, 0.25) is 0 Å². The number of hydrogen-bond acceptors (Lipinski definition) is 6. The molecule has 36 heavy (non-hydrogen) atoms. The summed E-state index contributed by atoms with van der Waals surface area (Å²) >= 11 is 0. The maximum Gasteiger partial charge on any atom is 0.419 e. The topological polar surface area (TPSA) is 119 Å². The lowest BCUT2D eigenvalue weighted by atomic mass is 9.86. The normalized spacial score (nSPS) is 11.8. The molecule has 7 nitrogen and oxygen atoms in total. The zero-order chi connectivity index (χ0) is 26.3. The minimum absolute atomic E-state index is 0.222. The molecule has 0 saturated carbocycles. The standard InChI is InChI=1S/C26H22F3N7/c1-25(2,13-30)17-5-7-18(8-6-17)36-14-35-24(33-3)22(36)19-10-15(4-9-21(19)31)16-11-20(26(27,28)29)23(32)34-12-16/h4-12,14H,3,31H2,1-2H3,(H2,32,34). The Morgan fingerprint density at radius 2 is 1.69 bits per heavy atom. The lowest BCUT2D eigenvalue weighted by molar-refractivity contribution is -0.137. The third-order valence-electron chi connectivity index (χ3n) is 5.91. The number of benzene rings is 2. The van der Waals surface area contributed by atoms with Gasteiger partial charge in [-0.3, -0.25) is 4.57 Å². The third-order valence-corrected chi connectivity index (χ3v) is 5.91. The second kappa shape index (κ2) is 8.85. The molecule has 2 heterocycles. The molecule has 4 aromatic rings. The highest BCUT2D eigenvalue weighted by atomic mass is 19.4. The Morgan fingerprint density at radius 3 is 2.31 bits per heavy atom. The highest BCUT2D eigenvalue weighted by Gasteiger charge is 2.34. The largest absolute Gasteiger partial charge is 0.419 e. The Hall–Kier alpha value is -4.65. The summed E-state index contributed by atoms with van der Waals surface area (Å²) in [6, 6.07) is 15.5. The average molecular weight is 490 g/mol. The summed E-state index contributed by atoms with van der Waals surface area (Å²) in [5, 5.41) is 9.42. The Kier molecular flexibility index (Phi) is 6.02. The number of nitrogen functional groups attached to an aromatic ring is 2. The molecule has 0 bridgehead atoms. The second-order valence-electron chi connectivity index (χ2n) is 8.69. The van der Waals surface area contributed by atoms with Gasteiger partial charge in [0.15, 0.2) is 5.82 Å². The molecule has 0 aliphatic rings. The number of rotatable bonds is 5. The average Bonchev–Trinajstić information content (AvgIpc) is 3.28. The number of halogens is 3. The molecule has 0 amide bonds. The van der Waals surface area contributed by atoms with Gasteiger partial charge in [-0.15, -0.1) is 0 Å². The van der Waals surface area contributed by atoms with Crippen LogP contribution in [0.2, 0.25) is 0 Å². The van der Waals surface area contributed by atoms with E-state index in [0.717, 1.165) is 17.3 Å². The van der Waals surface area contributed by atoms with Crippen molar-refractivity contribution in [2.45, 2.75) is 25.4 Å². The SMILES string of the molecule is C=Nc1ncn(-c2ccc(C(C)(C)C#N)cc2)c1-c1cc(-c2cnc(N)c(C(F)(F)F)c2)ccc1N. The van der Waals surface area contributed by atoms with Crippen LogP contribution in [0.5, 0.6) is 0 Å². The minimum Gasteiger partial charge on any atom is -0.398 e. The Morgan fingerprint density at radius 1 is 1.00 bits per heavy atom. The molecule has 0 spiro atoms.